The van der Waals surface area contributed by atoms with Crippen molar-refractivity contribution in [2.75, 3.05) is 16.8 Å². The van der Waals surface area contributed by atoms with Gasteiger partial charge in [-0.3, -0.25) is 9.59 Å². The summed E-state index contributed by atoms with van der Waals surface area (Å²) < 4.78 is 0. The van der Waals surface area contributed by atoms with E-state index in [9.17, 15) is 9.59 Å². The molecule has 31 heavy (non-hydrogen) atoms. The SMILES string of the molecule is CC(C)NC(=O)c1ccccc1NC(=O)c1ccc(CN2CCc3ccccc32)cc1. The zero-order valence-corrected chi connectivity index (χ0v) is 17.9. The number of amides is 2. The Labute approximate surface area is 183 Å². The van der Waals surface area contributed by atoms with Crippen molar-refractivity contribution in [1.29, 1.82) is 0 Å². The lowest BCUT2D eigenvalue weighted by atomic mass is 10.1. The largest absolute Gasteiger partial charge is 0.367 e. The van der Waals surface area contributed by atoms with Gasteiger partial charge in [0.05, 0.1) is 11.3 Å². The minimum absolute atomic E-state index is 0.0198. The van der Waals surface area contributed by atoms with Crippen LogP contribution in [0.2, 0.25) is 0 Å². The van der Waals surface area contributed by atoms with Crippen LogP contribution < -0.4 is 15.5 Å². The third kappa shape index (κ3) is 4.77. The zero-order chi connectivity index (χ0) is 21.8. The first-order valence-electron chi connectivity index (χ1n) is 10.6. The molecule has 1 heterocycles. The Morgan fingerprint density at radius 1 is 0.903 bits per heavy atom. The highest BCUT2D eigenvalue weighted by molar-refractivity contribution is 6.09. The number of anilines is 2. The Morgan fingerprint density at radius 2 is 1.61 bits per heavy atom. The monoisotopic (exact) mass is 413 g/mol. The molecule has 0 spiro atoms. The molecule has 2 amide bonds. The molecule has 1 aliphatic rings. The maximum Gasteiger partial charge on any atom is 0.255 e. The highest BCUT2D eigenvalue weighted by atomic mass is 16.2. The van der Waals surface area contributed by atoms with Gasteiger partial charge >= 0.3 is 0 Å². The van der Waals surface area contributed by atoms with Crippen molar-refractivity contribution in [3.63, 3.8) is 0 Å². The summed E-state index contributed by atoms with van der Waals surface area (Å²) in [6.45, 7) is 5.64. The zero-order valence-electron chi connectivity index (χ0n) is 17.9. The van der Waals surface area contributed by atoms with Crippen molar-refractivity contribution in [2.45, 2.75) is 32.9 Å². The van der Waals surface area contributed by atoms with Gasteiger partial charge < -0.3 is 15.5 Å². The van der Waals surface area contributed by atoms with Gasteiger partial charge in [0.15, 0.2) is 0 Å². The van der Waals surface area contributed by atoms with E-state index in [0.717, 1.165) is 25.1 Å². The van der Waals surface area contributed by atoms with Gasteiger partial charge in [-0.25, -0.2) is 0 Å². The molecule has 5 nitrogen and oxygen atoms in total. The molecule has 0 atom stereocenters. The fourth-order valence-corrected chi connectivity index (χ4v) is 3.88. The Hall–Kier alpha value is -3.60. The van der Waals surface area contributed by atoms with Crippen LogP contribution >= 0.6 is 0 Å². The summed E-state index contributed by atoms with van der Waals surface area (Å²) in [5, 5.41) is 5.74. The normalized spacial score (nSPS) is 12.5. The first-order valence-corrected chi connectivity index (χ1v) is 10.6. The highest BCUT2D eigenvalue weighted by Gasteiger charge is 2.19. The van der Waals surface area contributed by atoms with Gasteiger partial charge in [-0.05, 0) is 61.7 Å². The molecule has 0 radical (unpaired) electrons. The van der Waals surface area contributed by atoms with Crippen molar-refractivity contribution in [3.05, 3.63) is 95.1 Å². The number of hydrogen-bond donors (Lipinski definition) is 2. The van der Waals surface area contributed by atoms with E-state index in [0.29, 0.717) is 16.8 Å². The summed E-state index contributed by atoms with van der Waals surface area (Å²) >= 11 is 0. The average Bonchev–Trinajstić information content (AvgIpc) is 3.17. The van der Waals surface area contributed by atoms with E-state index in [1.165, 1.54) is 11.3 Å². The molecular weight excluding hydrogens is 386 g/mol. The Kier molecular flexibility index (Phi) is 6.03. The van der Waals surface area contributed by atoms with Crippen molar-refractivity contribution in [2.24, 2.45) is 0 Å². The molecule has 3 aromatic rings. The molecule has 0 aromatic heterocycles. The Bertz CT molecular complexity index is 1090. The van der Waals surface area contributed by atoms with Gasteiger partial charge in [0.2, 0.25) is 0 Å². The van der Waals surface area contributed by atoms with Crippen molar-refractivity contribution >= 4 is 23.2 Å². The first kappa shape index (κ1) is 20.7. The van der Waals surface area contributed by atoms with Crippen molar-refractivity contribution in [1.82, 2.24) is 5.32 Å². The summed E-state index contributed by atoms with van der Waals surface area (Å²) in [7, 11) is 0. The van der Waals surface area contributed by atoms with E-state index >= 15 is 0 Å². The topological polar surface area (TPSA) is 61.4 Å². The molecule has 0 saturated carbocycles. The number of hydrogen-bond acceptors (Lipinski definition) is 3. The van der Waals surface area contributed by atoms with Crippen LogP contribution in [0.1, 0.15) is 45.7 Å². The van der Waals surface area contributed by atoms with Crippen LogP contribution in [0.5, 0.6) is 0 Å². The summed E-state index contributed by atoms with van der Waals surface area (Å²) in [5.74, 6) is -0.435. The minimum atomic E-state index is -0.233. The molecule has 0 bridgehead atoms. The second-order valence-corrected chi connectivity index (χ2v) is 8.13. The number of nitrogens with zero attached hydrogens (tertiary/aromatic N) is 1. The maximum atomic E-state index is 12.8. The Balaban J connectivity index is 1.43. The summed E-state index contributed by atoms with van der Waals surface area (Å²) in [5.41, 5.74) is 5.35. The average molecular weight is 414 g/mol. The van der Waals surface area contributed by atoms with Crippen LogP contribution in [0.15, 0.2) is 72.8 Å². The smallest absolute Gasteiger partial charge is 0.255 e. The number of carbonyl (C=O) groups is 2. The second-order valence-electron chi connectivity index (χ2n) is 8.13. The van der Waals surface area contributed by atoms with E-state index < -0.39 is 0 Å². The Morgan fingerprint density at radius 3 is 2.39 bits per heavy atom. The lowest BCUT2D eigenvalue weighted by Crippen LogP contribution is -2.31. The summed E-state index contributed by atoms with van der Waals surface area (Å²) in [4.78, 5) is 27.6. The standard InChI is InChI=1S/C26H27N3O2/c1-18(2)27-26(31)22-8-4-5-9-23(22)28-25(30)21-13-11-19(12-14-21)17-29-16-15-20-7-3-6-10-24(20)29/h3-14,18H,15-17H2,1-2H3,(H,27,31)(H,28,30). The van der Waals surface area contributed by atoms with E-state index in [2.05, 4.69) is 39.8 Å². The fourth-order valence-electron chi connectivity index (χ4n) is 3.88. The van der Waals surface area contributed by atoms with Crippen LogP contribution in [0.25, 0.3) is 0 Å². The van der Waals surface area contributed by atoms with Crippen molar-refractivity contribution < 1.29 is 9.59 Å². The van der Waals surface area contributed by atoms with Gasteiger partial charge in [-0.15, -0.1) is 0 Å². The number of nitrogens with one attached hydrogen (secondary N) is 2. The molecule has 158 valence electrons. The van der Waals surface area contributed by atoms with E-state index in [-0.39, 0.29) is 17.9 Å². The van der Waals surface area contributed by atoms with Gasteiger partial charge in [-0.1, -0.05) is 42.5 Å². The molecule has 0 unspecified atom stereocenters. The number of carbonyl (C=O) groups excluding carboxylic acids is 2. The van der Waals surface area contributed by atoms with Gasteiger partial charge in [-0.2, -0.15) is 0 Å². The van der Waals surface area contributed by atoms with Crippen LogP contribution in [-0.2, 0) is 13.0 Å². The molecule has 5 heteroatoms. The number of para-hydroxylation sites is 2. The van der Waals surface area contributed by atoms with Gasteiger partial charge in [0.1, 0.15) is 0 Å². The van der Waals surface area contributed by atoms with Crippen LogP contribution in [0.3, 0.4) is 0 Å². The van der Waals surface area contributed by atoms with Crippen LogP contribution in [-0.4, -0.2) is 24.4 Å². The first-order chi connectivity index (χ1) is 15.0. The third-order valence-corrected chi connectivity index (χ3v) is 5.41. The highest BCUT2D eigenvalue weighted by Crippen LogP contribution is 2.28. The van der Waals surface area contributed by atoms with Crippen molar-refractivity contribution in [3.8, 4) is 0 Å². The van der Waals surface area contributed by atoms with E-state index in [1.54, 1.807) is 24.3 Å². The quantitative estimate of drug-likeness (QED) is 0.619. The third-order valence-electron chi connectivity index (χ3n) is 5.41. The van der Waals surface area contributed by atoms with Gasteiger partial charge in [0.25, 0.3) is 11.8 Å². The molecule has 1 aliphatic heterocycles. The fraction of sp³-hybridized carbons (Fsp3) is 0.231. The molecule has 3 aromatic carbocycles. The van der Waals surface area contributed by atoms with Gasteiger partial charge in [0, 0.05) is 30.4 Å². The molecule has 0 aliphatic carbocycles. The predicted octanol–water partition coefficient (Wildman–Crippen LogP) is 4.64. The molecule has 0 fully saturated rings. The molecular formula is C26H27N3O2. The molecule has 0 saturated heterocycles. The summed E-state index contributed by atoms with van der Waals surface area (Å²) in [6.07, 6.45) is 1.07. The molecule has 4 rings (SSSR count). The predicted molar refractivity (Wildman–Crippen MR) is 125 cm³/mol. The molecule has 2 N–H and O–H groups in total. The number of benzene rings is 3. The number of rotatable bonds is 6. The minimum Gasteiger partial charge on any atom is -0.367 e. The lowest BCUT2D eigenvalue weighted by Gasteiger charge is -2.19. The second kappa shape index (κ2) is 9.04. The maximum absolute atomic E-state index is 12.8. The van der Waals surface area contributed by atoms with E-state index in [4.69, 9.17) is 0 Å². The lowest BCUT2D eigenvalue weighted by molar-refractivity contribution is 0.0944. The number of fused-ring (bicyclic) bond motifs is 1. The van der Waals surface area contributed by atoms with Crippen LogP contribution in [0.4, 0.5) is 11.4 Å². The van der Waals surface area contributed by atoms with Crippen LogP contribution in [0, 0.1) is 0 Å². The van der Waals surface area contributed by atoms with E-state index in [1.807, 2.05) is 38.1 Å². The summed E-state index contributed by atoms with van der Waals surface area (Å²) in [6, 6.07) is 23.2.